The molecule has 0 N–H and O–H groups in total. The predicted octanol–water partition coefficient (Wildman–Crippen LogP) is 14.2. The van der Waals surface area contributed by atoms with Crippen LogP contribution in [0, 0.1) is 41.5 Å². The maximum Gasteiger partial charge on any atom is 0.494 e. The van der Waals surface area contributed by atoms with Crippen LogP contribution < -0.4 is 20.7 Å². The van der Waals surface area contributed by atoms with Gasteiger partial charge in [0.1, 0.15) is 0 Å². The summed E-state index contributed by atoms with van der Waals surface area (Å²) in [5, 5.41) is 2.32. The number of para-hydroxylation sites is 1. The van der Waals surface area contributed by atoms with Gasteiger partial charge in [0.25, 0.3) is 0 Å². The second kappa shape index (κ2) is 16.8. The van der Waals surface area contributed by atoms with Crippen LogP contribution in [-0.2, 0) is 18.6 Å². The van der Waals surface area contributed by atoms with E-state index >= 15 is 0 Å². The molecule has 0 spiro atoms. The summed E-state index contributed by atoms with van der Waals surface area (Å²) in [4.78, 5) is 4.77. The van der Waals surface area contributed by atoms with Crippen LogP contribution in [0.3, 0.4) is 0 Å². The van der Waals surface area contributed by atoms with E-state index in [-0.39, 0.29) is 0 Å². The molecule has 2 aliphatic heterocycles. The zero-order chi connectivity index (χ0) is 48.9. The lowest BCUT2D eigenvalue weighted by atomic mass is 9.79. The molecule has 8 aromatic rings. The summed E-state index contributed by atoms with van der Waals surface area (Å²) < 4.78 is 28.4. The molecule has 3 heterocycles. The fourth-order valence-corrected chi connectivity index (χ4v) is 10.2. The highest BCUT2D eigenvalue weighted by Crippen LogP contribution is 2.45. The summed E-state index contributed by atoms with van der Waals surface area (Å²) in [5.41, 5.74) is 17.5. The van der Waals surface area contributed by atoms with Crippen molar-refractivity contribution in [1.82, 2.24) is 4.57 Å². The maximum atomic E-state index is 6.48. The molecule has 2 aliphatic rings. The van der Waals surface area contributed by atoms with Crippen molar-refractivity contribution in [3.8, 4) is 5.69 Å². The Hall–Kier alpha value is -6.09. The van der Waals surface area contributed by atoms with Crippen molar-refractivity contribution in [3.63, 3.8) is 0 Å². The normalized spacial score (nSPS) is 17.0. The highest BCUT2D eigenvalue weighted by atomic mass is 16.7. The number of benzene rings is 7. The first-order valence-corrected chi connectivity index (χ1v) is 24.4. The van der Waals surface area contributed by atoms with Crippen molar-refractivity contribution in [3.05, 3.63) is 173 Å². The van der Waals surface area contributed by atoms with Gasteiger partial charge in [0, 0.05) is 44.9 Å². The van der Waals surface area contributed by atoms with Crippen LogP contribution in [0.1, 0.15) is 88.8 Å². The minimum absolute atomic E-state index is 0.428. The number of aryl methyl sites for hydroxylation is 6. The Labute approximate surface area is 410 Å². The highest BCUT2D eigenvalue weighted by molar-refractivity contribution is 6.62. The molecule has 7 aromatic carbocycles. The van der Waals surface area contributed by atoms with Gasteiger partial charge in [-0.05, 0) is 203 Å². The standard InChI is InChI=1S/C60H65B2N3O4/c1-38-18-30-52(42(5)34-38)63(46-24-20-44(21-25-46)61-66-57(7,8)58(9,10)67-61)48-28-32-54-50(36-48)51-37-49(29-33-55(51)65(54)56-40(3)16-15-17-41(56)4)64(53-31-19-39(2)35-43(53)6)47-26-22-45(23-27-47)62-68-59(11,12)60(13,14)69-62/h15-37H,1-14H3. The van der Waals surface area contributed by atoms with Crippen molar-refractivity contribution in [2.24, 2.45) is 0 Å². The molecule has 0 amide bonds. The van der Waals surface area contributed by atoms with Crippen LogP contribution in [0.5, 0.6) is 0 Å². The summed E-state index contributed by atoms with van der Waals surface area (Å²) in [6.07, 6.45) is 0. The van der Waals surface area contributed by atoms with Gasteiger partial charge in [-0.15, -0.1) is 0 Å². The Balaban J connectivity index is 1.16. The van der Waals surface area contributed by atoms with Crippen molar-refractivity contribution in [1.29, 1.82) is 0 Å². The van der Waals surface area contributed by atoms with Gasteiger partial charge in [-0.1, -0.05) is 77.9 Å². The average molecular weight is 914 g/mol. The van der Waals surface area contributed by atoms with E-state index in [4.69, 9.17) is 18.6 Å². The number of nitrogens with zero attached hydrogens (tertiary/aromatic N) is 3. The molecule has 0 unspecified atom stereocenters. The fraction of sp³-hybridized carbons (Fsp3) is 0.300. The molecule has 0 atom stereocenters. The number of rotatable bonds is 9. The quantitative estimate of drug-likeness (QED) is 0.135. The molecule has 7 nitrogen and oxygen atoms in total. The van der Waals surface area contributed by atoms with Crippen LogP contribution in [-0.4, -0.2) is 41.2 Å². The molecule has 0 saturated carbocycles. The molecular formula is C60H65B2N3O4. The van der Waals surface area contributed by atoms with E-state index in [9.17, 15) is 0 Å². The highest BCUT2D eigenvalue weighted by Gasteiger charge is 2.52. The van der Waals surface area contributed by atoms with Gasteiger partial charge in [0.05, 0.1) is 39.1 Å². The first kappa shape index (κ1) is 46.6. The zero-order valence-corrected chi connectivity index (χ0v) is 42.9. The third-order valence-corrected chi connectivity index (χ3v) is 15.5. The van der Waals surface area contributed by atoms with E-state index in [1.54, 1.807) is 0 Å². The van der Waals surface area contributed by atoms with E-state index < -0.39 is 36.6 Å². The number of fused-ring (bicyclic) bond motifs is 3. The van der Waals surface area contributed by atoms with Crippen LogP contribution in [0.4, 0.5) is 34.1 Å². The lowest BCUT2D eigenvalue weighted by Crippen LogP contribution is -2.41. The topological polar surface area (TPSA) is 48.3 Å². The second-order valence-corrected chi connectivity index (χ2v) is 21.6. The van der Waals surface area contributed by atoms with Gasteiger partial charge in [0.15, 0.2) is 0 Å². The van der Waals surface area contributed by atoms with Crippen LogP contribution in [0.2, 0.25) is 0 Å². The van der Waals surface area contributed by atoms with Crippen molar-refractivity contribution in [2.75, 3.05) is 9.80 Å². The largest absolute Gasteiger partial charge is 0.494 e. The van der Waals surface area contributed by atoms with Crippen LogP contribution in [0.15, 0.2) is 140 Å². The average Bonchev–Trinajstić information content (AvgIpc) is 3.81. The van der Waals surface area contributed by atoms with Crippen LogP contribution in [0.25, 0.3) is 27.5 Å². The molecule has 2 fully saturated rings. The molecule has 0 bridgehead atoms. The Morgan fingerprint density at radius 2 is 0.725 bits per heavy atom. The number of hydrogen-bond donors (Lipinski definition) is 0. The Morgan fingerprint density at radius 3 is 1.07 bits per heavy atom. The molecule has 2 saturated heterocycles. The van der Waals surface area contributed by atoms with Crippen molar-refractivity contribution >= 4 is 81.1 Å². The van der Waals surface area contributed by atoms with Gasteiger partial charge in [-0.2, -0.15) is 0 Å². The van der Waals surface area contributed by atoms with Crippen LogP contribution >= 0.6 is 0 Å². The molecule has 10 rings (SSSR count). The minimum atomic E-state index is -0.448. The molecular weight excluding hydrogens is 848 g/mol. The predicted molar refractivity (Wildman–Crippen MR) is 290 cm³/mol. The third kappa shape index (κ3) is 8.07. The molecule has 69 heavy (non-hydrogen) atoms. The van der Waals surface area contributed by atoms with Crippen molar-refractivity contribution < 1.29 is 18.6 Å². The number of hydrogen-bond acceptors (Lipinski definition) is 6. The second-order valence-electron chi connectivity index (χ2n) is 21.6. The van der Waals surface area contributed by atoms with Gasteiger partial charge in [-0.25, -0.2) is 0 Å². The summed E-state index contributed by atoms with van der Waals surface area (Å²) in [6, 6.07) is 51.3. The molecule has 0 aliphatic carbocycles. The van der Waals surface area contributed by atoms with E-state index in [2.05, 4.69) is 251 Å². The summed E-state index contributed by atoms with van der Waals surface area (Å²) in [7, 11) is -0.895. The van der Waals surface area contributed by atoms with E-state index in [1.807, 2.05) is 0 Å². The Kier molecular flexibility index (Phi) is 11.4. The van der Waals surface area contributed by atoms with Gasteiger partial charge in [-0.3, -0.25) is 0 Å². The fourth-order valence-electron chi connectivity index (χ4n) is 10.2. The Morgan fingerprint density at radius 1 is 0.377 bits per heavy atom. The summed E-state index contributed by atoms with van der Waals surface area (Å²) >= 11 is 0. The first-order valence-electron chi connectivity index (χ1n) is 24.4. The van der Waals surface area contributed by atoms with Crippen molar-refractivity contribution in [2.45, 2.75) is 119 Å². The lowest BCUT2D eigenvalue weighted by Gasteiger charge is -2.32. The smallest absolute Gasteiger partial charge is 0.399 e. The monoisotopic (exact) mass is 914 g/mol. The lowest BCUT2D eigenvalue weighted by molar-refractivity contribution is 0.00578. The van der Waals surface area contributed by atoms with E-state index in [0.29, 0.717) is 0 Å². The minimum Gasteiger partial charge on any atom is -0.399 e. The van der Waals surface area contributed by atoms with E-state index in [1.165, 1.54) is 39.1 Å². The third-order valence-electron chi connectivity index (χ3n) is 15.5. The van der Waals surface area contributed by atoms with E-state index in [0.717, 1.165) is 66.9 Å². The van der Waals surface area contributed by atoms with Gasteiger partial charge >= 0.3 is 14.2 Å². The molecule has 9 heteroatoms. The van der Waals surface area contributed by atoms with Gasteiger partial charge in [0.2, 0.25) is 0 Å². The SMILES string of the molecule is Cc1ccc(N(c2ccc(B3OC(C)(C)C(C)(C)O3)cc2)c2ccc3c(c2)c2cc(N(c4ccc(B5OC(C)(C)C(C)(C)O5)cc4)c4ccc(C)cc4C)ccc2n3-c2c(C)cccc2C)c(C)c1. The number of aromatic nitrogens is 1. The summed E-state index contributed by atoms with van der Waals surface area (Å²) in [5.74, 6) is 0. The molecule has 350 valence electrons. The zero-order valence-electron chi connectivity index (χ0n) is 42.9. The maximum absolute atomic E-state index is 6.48. The summed E-state index contributed by atoms with van der Waals surface area (Å²) in [6.45, 7) is 29.9. The van der Waals surface area contributed by atoms with Gasteiger partial charge < -0.3 is 33.0 Å². The number of anilines is 6. The first-order chi connectivity index (χ1) is 32.6. The Bertz CT molecular complexity index is 3040. The molecule has 0 radical (unpaired) electrons. The molecule has 1 aromatic heterocycles.